The van der Waals surface area contributed by atoms with Gasteiger partial charge in [0.25, 0.3) is 6.43 Å². The zero-order chi connectivity index (χ0) is 13.7. The molecule has 0 bridgehead atoms. The highest BCUT2D eigenvalue weighted by Gasteiger charge is 2.16. The molecule has 0 unspecified atom stereocenters. The SMILES string of the molecule is CNc1nc(NCC(F)F)nc(N2CCCCC2)n1. The van der Waals surface area contributed by atoms with Crippen LogP contribution >= 0.6 is 0 Å². The first-order valence-electron chi connectivity index (χ1n) is 6.40. The largest absolute Gasteiger partial charge is 0.357 e. The Morgan fingerprint density at radius 2 is 1.79 bits per heavy atom. The lowest BCUT2D eigenvalue weighted by molar-refractivity contribution is 0.163. The molecular formula is C11H18F2N6. The van der Waals surface area contributed by atoms with Gasteiger partial charge in [0, 0.05) is 20.1 Å². The van der Waals surface area contributed by atoms with E-state index in [1.165, 1.54) is 6.42 Å². The Bertz CT molecular complexity index is 408. The molecular weight excluding hydrogens is 254 g/mol. The van der Waals surface area contributed by atoms with Gasteiger partial charge >= 0.3 is 0 Å². The predicted molar refractivity (Wildman–Crippen MR) is 69.9 cm³/mol. The van der Waals surface area contributed by atoms with E-state index in [2.05, 4.69) is 30.5 Å². The Kier molecular flexibility index (Phi) is 4.64. The van der Waals surface area contributed by atoms with E-state index in [1.807, 2.05) is 0 Å². The molecule has 1 fully saturated rings. The molecule has 1 aromatic heterocycles. The number of nitrogens with zero attached hydrogens (tertiary/aromatic N) is 4. The zero-order valence-electron chi connectivity index (χ0n) is 10.9. The second kappa shape index (κ2) is 6.44. The van der Waals surface area contributed by atoms with Crippen molar-refractivity contribution < 1.29 is 8.78 Å². The molecule has 106 valence electrons. The van der Waals surface area contributed by atoms with Crippen molar-refractivity contribution >= 4 is 17.8 Å². The monoisotopic (exact) mass is 272 g/mol. The molecule has 2 heterocycles. The fourth-order valence-electron chi connectivity index (χ4n) is 1.96. The van der Waals surface area contributed by atoms with Crippen molar-refractivity contribution in [3.8, 4) is 0 Å². The van der Waals surface area contributed by atoms with Crippen LogP contribution in [0.15, 0.2) is 0 Å². The van der Waals surface area contributed by atoms with E-state index in [1.54, 1.807) is 7.05 Å². The molecule has 6 nitrogen and oxygen atoms in total. The molecule has 0 spiro atoms. The van der Waals surface area contributed by atoms with Crippen molar-refractivity contribution in [2.24, 2.45) is 0 Å². The summed E-state index contributed by atoms with van der Waals surface area (Å²) in [6.45, 7) is 1.31. The minimum absolute atomic E-state index is 0.181. The first-order chi connectivity index (χ1) is 9.19. The van der Waals surface area contributed by atoms with Gasteiger partial charge < -0.3 is 15.5 Å². The molecule has 2 rings (SSSR count). The standard InChI is InChI=1S/C11H18F2N6/c1-14-9-16-10(15-7-8(12)13)18-11(17-9)19-5-3-2-4-6-19/h8H,2-7H2,1H3,(H2,14,15,16,17,18). The number of piperidine rings is 1. The maximum absolute atomic E-state index is 12.2. The van der Waals surface area contributed by atoms with Crippen LogP contribution in [0, 0.1) is 0 Å². The van der Waals surface area contributed by atoms with Gasteiger partial charge in [0.1, 0.15) is 0 Å². The van der Waals surface area contributed by atoms with E-state index < -0.39 is 13.0 Å². The highest BCUT2D eigenvalue weighted by Crippen LogP contribution is 2.18. The van der Waals surface area contributed by atoms with Gasteiger partial charge in [-0.1, -0.05) is 0 Å². The highest BCUT2D eigenvalue weighted by molar-refractivity contribution is 5.43. The van der Waals surface area contributed by atoms with Gasteiger partial charge in [-0.15, -0.1) is 0 Å². The molecule has 0 radical (unpaired) electrons. The van der Waals surface area contributed by atoms with Crippen LogP contribution in [-0.4, -0.2) is 48.1 Å². The average Bonchev–Trinajstić information content (AvgIpc) is 2.45. The molecule has 0 atom stereocenters. The molecule has 2 N–H and O–H groups in total. The van der Waals surface area contributed by atoms with Crippen LogP contribution in [-0.2, 0) is 0 Å². The quantitative estimate of drug-likeness (QED) is 0.848. The van der Waals surface area contributed by atoms with Crippen LogP contribution in [0.1, 0.15) is 19.3 Å². The third kappa shape index (κ3) is 3.87. The maximum Gasteiger partial charge on any atom is 0.255 e. The first kappa shape index (κ1) is 13.7. The number of hydrogen-bond donors (Lipinski definition) is 2. The van der Waals surface area contributed by atoms with Crippen molar-refractivity contribution in [3.63, 3.8) is 0 Å². The molecule has 19 heavy (non-hydrogen) atoms. The van der Waals surface area contributed by atoms with Crippen LogP contribution in [0.25, 0.3) is 0 Å². The van der Waals surface area contributed by atoms with Gasteiger partial charge in [0.15, 0.2) is 0 Å². The topological polar surface area (TPSA) is 66.0 Å². The second-order valence-corrected chi connectivity index (χ2v) is 4.35. The third-order valence-corrected chi connectivity index (χ3v) is 2.90. The van der Waals surface area contributed by atoms with E-state index in [9.17, 15) is 8.78 Å². The normalized spacial score (nSPS) is 15.7. The summed E-state index contributed by atoms with van der Waals surface area (Å²) in [6.07, 6.45) is 0.964. The van der Waals surface area contributed by atoms with Gasteiger partial charge in [-0.25, -0.2) is 8.78 Å². The highest BCUT2D eigenvalue weighted by atomic mass is 19.3. The fraction of sp³-hybridized carbons (Fsp3) is 0.727. The lowest BCUT2D eigenvalue weighted by Gasteiger charge is -2.26. The van der Waals surface area contributed by atoms with Gasteiger partial charge in [-0.05, 0) is 19.3 Å². The number of aromatic nitrogens is 3. The molecule has 1 aromatic rings. The number of hydrogen-bond acceptors (Lipinski definition) is 6. The van der Waals surface area contributed by atoms with Gasteiger partial charge in [-0.3, -0.25) is 0 Å². The molecule has 1 aliphatic heterocycles. The summed E-state index contributed by atoms with van der Waals surface area (Å²) >= 11 is 0. The summed E-state index contributed by atoms with van der Waals surface area (Å²) < 4.78 is 24.4. The second-order valence-electron chi connectivity index (χ2n) is 4.35. The summed E-state index contributed by atoms with van der Waals surface area (Å²) in [7, 11) is 1.69. The minimum atomic E-state index is -2.44. The Morgan fingerprint density at radius 3 is 2.42 bits per heavy atom. The van der Waals surface area contributed by atoms with Crippen molar-refractivity contribution in [1.29, 1.82) is 0 Å². The average molecular weight is 272 g/mol. The molecule has 1 saturated heterocycles. The van der Waals surface area contributed by atoms with Gasteiger partial charge in [0.2, 0.25) is 17.8 Å². The van der Waals surface area contributed by atoms with Crippen LogP contribution in [0.2, 0.25) is 0 Å². The molecule has 0 amide bonds. The predicted octanol–water partition coefficient (Wildman–Crippen LogP) is 1.58. The van der Waals surface area contributed by atoms with Crippen LogP contribution in [0.3, 0.4) is 0 Å². The minimum Gasteiger partial charge on any atom is -0.357 e. The van der Waals surface area contributed by atoms with E-state index in [4.69, 9.17) is 0 Å². The molecule has 1 aliphatic rings. The summed E-state index contributed by atoms with van der Waals surface area (Å²) in [5.41, 5.74) is 0. The van der Waals surface area contributed by atoms with E-state index in [-0.39, 0.29) is 5.95 Å². The lowest BCUT2D eigenvalue weighted by Crippen LogP contribution is -2.31. The number of alkyl halides is 2. The zero-order valence-corrected chi connectivity index (χ0v) is 10.9. The Morgan fingerprint density at radius 1 is 1.11 bits per heavy atom. The van der Waals surface area contributed by atoms with Crippen LogP contribution in [0.5, 0.6) is 0 Å². The van der Waals surface area contributed by atoms with E-state index >= 15 is 0 Å². The smallest absolute Gasteiger partial charge is 0.255 e. The van der Waals surface area contributed by atoms with Crippen LogP contribution in [0.4, 0.5) is 26.6 Å². The first-order valence-corrected chi connectivity index (χ1v) is 6.40. The molecule has 0 aliphatic carbocycles. The Hall–Kier alpha value is -1.73. The van der Waals surface area contributed by atoms with E-state index in [0.717, 1.165) is 25.9 Å². The summed E-state index contributed by atoms with van der Waals surface area (Å²) in [4.78, 5) is 14.5. The van der Waals surface area contributed by atoms with Crippen LogP contribution < -0.4 is 15.5 Å². The van der Waals surface area contributed by atoms with E-state index in [0.29, 0.717) is 11.9 Å². The maximum atomic E-state index is 12.2. The number of halogens is 2. The molecule has 8 heteroatoms. The third-order valence-electron chi connectivity index (χ3n) is 2.90. The molecule has 0 saturated carbocycles. The van der Waals surface area contributed by atoms with Crippen molar-refractivity contribution in [3.05, 3.63) is 0 Å². The fourth-order valence-corrected chi connectivity index (χ4v) is 1.96. The van der Waals surface area contributed by atoms with Crippen molar-refractivity contribution in [1.82, 2.24) is 15.0 Å². The number of anilines is 3. The Balaban J connectivity index is 2.14. The molecule has 0 aromatic carbocycles. The lowest BCUT2D eigenvalue weighted by atomic mass is 10.1. The summed E-state index contributed by atoms with van der Waals surface area (Å²) in [5.74, 6) is 1.10. The van der Waals surface area contributed by atoms with Gasteiger partial charge in [-0.2, -0.15) is 15.0 Å². The Labute approximate surface area is 110 Å². The number of rotatable bonds is 5. The van der Waals surface area contributed by atoms with Crippen molar-refractivity contribution in [2.75, 3.05) is 42.2 Å². The van der Waals surface area contributed by atoms with Crippen molar-refractivity contribution in [2.45, 2.75) is 25.7 Å². The number of nitrogens with one attached hydrogen (secondary N) is 2. The summed E-state index contributed by atoms with van der Waals surface area (Å²) in [6, 6.07) is 0. The van der Waals surface area contributed by atoms with Gasteiger partial charge in [0.05, 0.1) is 6.54 Å². The summed E-state index contributed by atoms with van der Waals surface area (Å²) in [5, 5.41) is 5.34.